The molecule has 0 atom stereocenters. The molecule has 4 nitrogen and oxygen atoms in total. The van der Waals surface area contributed by atoms with Crippen LogP contribution in [0.4, 0.5) is 0 Å². The number of hydrogen-bond acceptors (Lipinski definition) is 2. The summed E-state index contributed by atoms with van der Waals surface area (Å²) in [6, 6.07) is 9.69. The van der Waals surface area contributed by atoms with Gasteiger partial charge in [-0.2, -0.15) is 0 Å². The minimum atomic E-state index is 1.03. The maximum atomic E-state index is 5.70. The smallest absolute Gasteiger partial charge is 0.0691 e. The van der Waals surface area contributed by atoms with Crippen molar-refractivity contribution in [3.63, 3.8) is 0 Å². The van der Waals surface area contributed by atoms with Gasteiger partial charge in [-0.3, -0.25) is 0 Å². The predicted octanol–water partition coefficient (Wildman–Crippen LogP) is 31.9. The maximum Gasteiger partial charge on any atom is 0.0691 e. The van der Waals surface area contributed by atoms with Gasteiger partial charge in [-0.25, -0.2) is 9.97 Å². The number of rotatable bonds is 68. The molecular weight excluding hydrogens is 1160 g/mol. The van der Waals surface area contributed by atoms with Gasteiger partial charge in [-0.15, -0.1) is 0 Å². The van der Waals surface area contributed by atoms with Crippen LogP contribution in [0.2, 0.25) is 0 Å². The summed E-state index contributed by atoms with van der Waals surface area (Å²) in [5, 5.41) is 0. The summed E-state index contributed by atoms with van der Waals surface area (Å²) in [6.45, 7) is 9.29. The van der Waals surface area contributed by atoms with Gasteiger partial charge in [0.25, 0.3) is 0 Å². The minimum Gasteiger partial charge on any atom is -0.355 e. The molecule has 4 heteroatoms. The Morgan fingerprint density at radius 1 is 0.177 bits per heavy atom. The minimum absolute atomic E-state index is 1.03. The largest absolute Gasteiger partial charge is 0.355 e. The first-order valence-corrected chi connectivity index (χ1v) is 43.8. The standard InChI is InChI=1S/C92H158N4/c1-5-9-13-17-21-25-29-33-37-41-45-49-53-57-61-65-69-81-85-73-75-87(93-85)82(70-66-62-58-54-50-46-42-38-34-30-26-22-18-14-10-6-2)89-77-79-91(95-89)84(72-68-64-60-56-52-48-44-40-36-32-28-24-20-16-12-8-4)92-80-78-90(96-92)83(88-76-74-86(81)94-88)71-67-63-59-55-51-47-43-39-35-31-27-23-19-15-11-7-3/h73-80,93-94H,5-72H2,1-4H3. The van der Waals surface area contributed by atoms with Gasteiger partial charge in [-0.1, -0.05) is 413 Å². The van der Waals surface area contributed by atoms with Crippen molar-refractivity contribution in [2.75, 3.05) is 0 Å². The number of H-pyrrole nitrogens is 2. The Morgan fingerprint density at radius 3 is 0.521 bits per heavy atom. The first-order chi connectivity index (χ1) is 47.7. The van der Waals surface area contributed by atoms with E-state index in [1.807, 2.05) is 0 Å². The highest BCUT2D eigenvalue weighted by molar-refractivity contribution is 5.83. The topological polar surface area (TPSA) is 57.4 Å². The van der Waals surface area contributed by atoms with E-state index < -0.39 is 0 Å². The van der Waals surface area contributed by atoms with Gasteiger partial charge in [-0.05, 0) is 105 Å². The Kier molecular flexibility index (Phi) is 51.4. The number of fused-ring (bicyclic) bond motifs is 8. The van der Waals surface area contributed by atoms with Crippen LogP contribution in [0.1, 0.15) is 484 Å². The number of aromatic amines is 2. The van der Waals surface area contributed by atoms with E-state index in [0.717, 1.165) is 37.1 Å². The summed E-state index contributed by atoms with van der Waals surface area (Å²) >= 11 is 0. The molecule has 0 saturated heterocycles. The second-order valence-corrected chi connectivity index (χ2v) is 31.1. The van der Waals surface area contributed by atoms with Crippen LogP contribution in [0.3, 0.4) is 0 Å². The van der Waals surface area contributed by atoms with E-state index in [4.69, 9.17) is 9.97 Å². The molecule has 0 unspecified atom stereocenters. The van der Waals surface area contributed by atoms with Crippen LogP contribution >= 0.6 is 0 Å². The average molecular weight is 1320 g/mol. The summed E-state index contributed by atoms with van der Waals surface area (Å²) in [5.74, 6) is 0. The first kappa shape index (κ1) is 83.3. The van der Waals surface area contributed by atoms with Gasteiger partial charge in [0.15, 0.2) is 0 Å². The molecule has 546 valence electrons. The van der Waals surface area contributed by atoms with Crippen LogP contribution < -0.4 is 0 Å². The molecule has 2 aliphatic heterocycles. The molecule has 96 heavy (non-hydrogen) atoms. The average Bonchev–Trinajstić information content (AvgIpc) is 1.66. The lowest BCUT2D eigenvalue weighted by atomic mass is 10.0. The van der Waals surface area contributed by atoms with E-state index in [2.05, 4.69) is 86.2 Å². The first-order valence-electron chi connectivity index (χ1n) is 43.8. The molecule has 3 aromatic rings. The third-order valence-corrected chi connectivity index (χ3v) is 22.3. The zero-order valence-corrected chi connectivity index (χ0v) is 64.6. The molecule has 0 aromatic carbocycles. The third-order valence-electron chi connectivity index (χ3n) is 22.3. The number of aromatic nitrogens is 4. The van der Waals surface area contributed by atoms with Gasteiger partial charge in [0.1, 0.15) is 0 Å². The number of hydrogen-bond donors (Lipinski definition) is 2. The van der Waals surface area contributed by atoms with E-state index in [9.17, 15) is 0 Å². The summed E-state index contributed by atoms with van der Waals surface area (Å²) in [6.07, 6.45) is 103. The fraction of sp³-hybridized carbons (Fsp3) is 0.783. The highest BCUT2D eigenvalue weighted by atomic mass is 14.8. The maximum absolute atomic E-state index is 5.70. The molecule has 2 N–H and O–H groups in total. The lowest BCUT2D eigenvalue weighted by Crippen LogP contribution is -1.97. The molecule has 0 fully saturated rings. The van der Waals surface area contributed by atoms with E-state index in [-0.39, 0.29) is 0 Å². The van der Waals surface area contributed by atoms with Crippen molar-refractivity contribution in [1.82, 2.24) is 19.9 Å². The number of unbranched alkanes of at least 4 members (excludes halogenated alkanes) is 60. The summed E-state index contributed by atoms with van der Waals surface area (Å²) in [5.41, 5.74) is 15.3. The molecule has 0 amide bonds. The van der Waals surface area contributed by atoms with Crippen molar-refractivity contribution >= 4 is 46.4 Å². The Hall–Kier alpha value is -3.40. The molecule has 0 radical (unpaired) electrons. The molecule has 0 aliphatic carbocycles. The molecule has 5 rings (SSSR count). The SMILES string of the molecule is CCCCCCCCCCCCCCCCCCc1c2nc(c(CCCCCCCCCCCCCCCCCC)c3ccc([nH]3)c(CCCCCCCCCCCCCCCCCC)c3ccc([nH]3)c(CCCCCCCCCCCCCCCCCC)c3nc1C=C3)C=C2. The van der Waals surface area contributed by atoms with Crippen LogP contribution in [0.25, 0.3) is 46.4 Å². The fourth-order valence-electron chi connectivity index (χ4n) is 15.9. The summed E-state index contributed by atoms with van der Waals surface area (Å²) < 4.78 is 0. The molecule has 0 saturated carbocycles. The Balaban J connectivity index is 1.30. The van der Waals surface area contributed by atoms with Crippen molar-refractivity contribution < 1.29 is 0 Å². The van der Waals surface area contributed by atoms with Crippen LogP contribution in [0, 0.1) is 0 Å². The second kappa shape index (κ2) is 59.3. The highest BCUT2D eigenvalue weighted by Crippen LogP contribution is 2.32. The molecule has 2 aliphatic rings. The van der Waals surface area contributed by atoms with Crippen LogP contribution in [-0.2, 0) is 25.7 Å². The second-order valence-electron chi connectivity index (χ2n) is 31.1. The van der Waals surface area contributed by atoms with Gasteiger partial charge in [0.05, 0.1) is 22.8 Å². The van der Waals surface area contributed by atoms with E-state index in [1.165, 1.54) is 467 Å². The molecular formula is C92H158N4. The van der Waals surface area contributed by atoms with E-state index in [0.29, 0.717) is 0 Å². The van der Waals surface area contributed by atoms with Crippen molar-refractivity contribution in [3.8, 4) is 0 Å². The number of aryl methyl sites for hydroxylation is 3. The molecule has 0 spiro atoms. The van der Waals surface area contributed by atoms with Crippen LogP contribution in [0.5, 0.6) is 0 Å². The fourth-order valence-corrected chi connectivity index (χ4v) is 15.9. The van der Waals surface area contributed by atoms with Gasteiger partial charge in [0.2, 0.25) is 0 Å². The summed E-state index contributed by atoms with van der Waals surface area (Å²) in [7, 11) is 0. The zero-order valence-electron chi connectivity index (χ0n) is 64.6. The Morgan fingerprint density at radius 2 is 0.323 bits per heavy atom. The van der Waals surface area contributed by atoms with E-state index in [1.54, 1.807) is 0 Å². The van der Waals surface area contributed by atoms with Crippen LogP contribution in [0.15, 0.2) is 24.3 Å². The summed E-state index contributed by atoms with van der Waals surface area (Å²) in [4.78, 5) is 19.7. The lowest BCUT2D eigenvalue weighted by molar-refractivity contribution is 0.529. The number of nitrogens with one attached hydrogen (secondary N) is 2. The number of nitrogens with zero attached hydrogens (tertiary/aromatic N) is 2. The molecule has 5 heterocycles. The van der Waals surface area contributed by atoms with Crippen molar-refractivity contribution in [2.45, 2.75) is 464 Å². The Labute approximate surface area is 596 Å². The third kappa shape index (κ3) is 39.0. The monoisotopic (exact) mass is 1320 g/mol. The predicted molar refractivity (Wildman–Crippen MR) is 432 cm³/mol. The Bertz CT molecular complexity index is 2380. The molecule has 8 bridgehead atoms. The lowest BCUT2D eigenvalue weighted by Gasteiger charge is -2.07. The van der Waals surface area contributed by atoms with Crippen molar-refractivity contribution in [2.24, 2.45) is 0 Å². The van der Waals surface area contributed by atoms with Gasteiger partial charge < -0.3 is 9.97 Å². The van der Waals surface area contributed by atoms with Gasteiger partial charge >= 0.3 is 0 Å². The quantitative estimate of drug-likeness (QED) is 0.0381. The molecule has 3 aromatic heterocycles. The van der Waals surface area contributed by atoms with Crippen molar-refractivity contribution in [3.05, 3.63) is 69.3 Å². The highest BCUT2D eigenvalue weighted by Gasteiger charge is 2.18. The van der Waals surface area contributed by atoms with Crippen molar-refractivity contribution in [1.29, 1.82) is 0 Å². The van der Waals surface area contributed by atoms with E-state index >= 15 is 0 Å². The normalized spacial score (nSPS) is 12.2. The van der Waals surface area contributed by atoms with Gasteiger partial charge in [0, 0.05) is 38.8 Å². The van der Waals surface area contributed by atoms with Crippen LogP contribution in [-0.4, -0.2) is 19.9 Å². The zero-order chi connectivity index (χ0) is 67.5.